The van der Waals surface area contributed by atoms with E-state index in [1.54, 1.807) is 0 Å². The lowest BCUT2D eigenvalue weighted by Crippen LogP contribution is -2.28. The average molecular weight is 358 g/mol. The number of imidazole rings is 1. The molecule has 5 heteroatoms. The molecule has 4 rings (SSSR count). The van der Waals surface area contributed by atoms with Crippen LogP contribution in [0.4, 0.5) is 0 Å². The zero-order chi connectivity index (χ0) is 17.8. The van der Waals surface area contributed by atoms with Crippen molar-refractivity contribution >= 4 is 11.0 Å². The molecule has 26 heavy (non-hydrogen) atoms. The minimum absolute atomic E-state index is 0.327. The maximum Gasteiger partial charge on any atom is 0.113 e. The van der Waals surface area contributed by atoms with Crippen LogP contribution in [0.15, 0.2) is 24.3 Å². The van der Waals surface area contributed by atoms with E-state index in [0.29, 0.717) is 25.2 Å². The highest BCUT2D eigenvalue weighted by molar-refractivity contribution is 5.76. The van der Waals surface area contributed by atoms with E-state index in [2.05, 4.69) is 16.7 Å². The molecule has 1 aromatic heterocycles. The fourth-order valence-corrected chi connectivity index (χ4v) is 4.30. The molecule has 1 aliphatic heterocycles. The topological polar surface area (TPSA) is 56.5 Å². The Kier molecular flexibility index (Phi) is 5.88. The van der Waals surface area contributed by atoms with Crippen LogP contribution in [0, 0.1) is 0 Å². The highest BCUT2D eigenvalue weighted by Crippen LogP contribution is 2.29. The van der Waals surface area contributed by atoms with E-state index >= 15 is 0 Å². The third kappa shape index (κ3) is 4.11. The lowest BCUT2D eigenvalue weighted by Gasteiger charge is -2.25. The number of aliphatic hydroxyl groups excluding tert-OH is 1. The van der Waals surface area contributed by atoms with Crippen LogP contribution in [0.2, 0.25) is 0 Å². The zero-order valence-electron chi connectivity index (χ0n) is 15.5. The van der Waals surface area contributed by atoms with E-state index in [9.17, 15) is 5.11 Å². The highest BCUT2D eigenvalue weighted by Gasteiger charge is 2.24. The first-order chi connectivity index (χ1) is 12.8. The smallest absolute Gasteiger partial charge is 0.113 e. The fraction of sp³-hybridized carbons (Fsp3) is 0.667. The Morgan fingerprint density at radius 2 is 1.88 bits per heavy atom. The summed E-state index contributed by atoms with van der Waals surface area (Å²) in [6.07, 6.45) is 7.90. The number of aromatic nitrogens is 2. The number of ether oxygens (including phenoxy) is 2. The maximum atomic E-state index is 10.6. The van der Waals surface area contributed by atoms with Gasteiger partial charge in [-0.3, -0.25) is 0 Å². The summed E-state index contributed by atoms with van der Waals surface area (Å²) in [6.45, 7) is 2.53. The quantitative estimate of drug-likeness (QED) is 0.856. The van der Waals surface area contributed by atoms with Crippen molar-refractivity contribution in [2.75, 3.05) is 19.8 Å². The predicted molar refractivity (Wildman–Crippen MR) is 101 cm³/mol. The fourth-order valence-electron chi connectivity index (χ4n) is 4.30. The molecule has 142 valence electrons. The molecule has 0 bridgehead atoms. The molecule has 1 saturated heterocycles. The molecular formula is C21H30N2O3. The monoisotopic (exact) mass is 358 g/mol. The van der Waals surface area contributed by atoms with E-state index in [1.807, 2.05) is 12.1 Å². The molecule has 0 radical (unpaired) electrons. The molecule has 2 aromatic rings. The second-order valence-electron chi connectivity index (χ2n) is 7.70. The lowest BCUT2D eigenvalue weighted by molar-refractivity contribution is -0.0284. The van der Waals surface area contributed by atoms with Crippen molar-refractivity contribution in [2.24, 2.45) is 0 Å². The number of rotatable bonds is 6. The van der Waals surface area contributed by atoms with Gasteiger partial charge in [0.1, 0.15) is 5.82 Å². The molecule has 2 aliphatic rings. The van der Waals surface area contributed by atoms with E-state index in [0.717, 1.165) is 55.8 Å². The number of hydrogen-bond acceptors (Lipinski definition) is 4. The number of nitrogens with zero attached hydrogens (tertiary/aromatic N) is 2. The first kappa shape index (κ1) is 18.0. The molecule has 1 aromatic carbocycles. The van der Waals surface area contributed by atoms with Gasteiger partial charge in [0.15, 0.2) is 0 Å². The summed E-state index contributed by atoms with van der Waals surface area (Å²) in [5.74, 6) is 1.49. The van der Waals surface area contributed by atoms with Gasteiger partial charge in [-0.2, -0.15) is 0 Å². The SMILES string of the molecule is OC(COC1CCCCC1)Cn1c(C2CCOCC2)nc2ccccc21. The summed E-state index contributed by atoms with van der Waals surface area (Å²) in [4.78, 5) is 4.89. The van der Waals surface area contributed by atoms with Crippen LogP contribution in [0.1, 0.15) is 56.7 Å². The number of hydrogen-bond donors (Lipinski definition) is 1. The molecule has 1 unspecified atom stereocenters. The highest BCUT2D eigenvalue weighted by atomic mass is 16.5. The Bertz CT molecular complexity index is 702. The van der Waals surface area contributed by atoms with Gasteiger partial charge in [-0.05, 0) is 37.8 Å². The third-order valence-electron chi connectivity index (χ3n) is 5.74. The van der Waals surface area contributed by atoms with E-state index in [-0.39, 0.29) is 0 Å². The van der Waals surface area contributed by atoms with Crippen molar-refractivity contribution in [3.63, 3.8) is 0 Å². The minimum atomic E-state index is -0.506. The van der Waals surface area contributed by atoms with Crippen LogP contribution in [0.25, 0.3) is 11.0 Å². The van der Waals surface area contributed by atoms with Crippen molar-refractivity contribution in [1.29, 1.82) is 0 Å². The van der Waals surface area contributed by atoms with Crippen molar-refractivity contribution < 1.29 is 14.6 Å². The second kappa shape index (κ2) is 8.51. The van der Waals surface area contributed by atoms with Gasteiger partial charge in [0, 0.05) is 19.1 Å². The summed E-state index contributed by atoms with van der Waals surface area (Å²) >= 11 is 0. The van der Waals surface area contributed by atoms with Crippen molar-refractivity contribution in [2.45, 2.75) is 69.6 Å². The van der Waals surface area contributed by atoms with Gasteiger partial charge in [-0.1, -0.05) is 31.4 Å². The molecule has 2 fully saturated rings. The molecular weight excluding hydrogens is 328 g/mol. The Hall–Kier alpha value is -1.43. The van der Waals surface area contributed by atoms with Gasteiger partial charge in [-0.25, -0.2) is 4.98 Å². The molecule has 1 saturated carbocycles. The number of para-hydroxylation sites is 2. The van der Waals surface area contributed by atoms with Gasteiger partial charge >= 0.3 is 0 Å². The van der Waals surface area contributed by atoms with Crippen LogP contribution in [-0.4, -0.2) is 46.7 Å². The van der Waals surface area contributed by atoms with Crippen LogP contribution in [-0.2, 0) is 16.0 Å². The maximum absolute atomic E-state index is 10.6. The lowest BCUT2D eigenvalue weighted by atomic mass is 9.98. The number of aliphatic hydroxyl groups is 1. The Balaban J connectivity index is 1.48. The van der Waals surface area contributed by atoms with E-state index < -0.39 is 6.10 Å². The molecule has 2 heterocycles. The van der Waals surface area contributed by atoms with Gasteiger partial charge in [0.2, 0.25) is 0 Å². The van der Waals surface area contributed by atoms with Crippen molar-refractivity contribution in [3.05, 3.63) is 30.1 Å². The Morgan fingerprint density at radius 3 is 2.69 bits per heavy atom. The Morgan fingerprint density at radius 1 is 1.12 bits per heavy atom. The first-order valence-corrected chi connectivity index (χ1v) is 10.1. The molecule has 5 nitrogen and oxygen atoms in total. The molecule has 1 N–H and O–H groups in total. The number of benzene rings is 1. The second-order valence-corrected chi connectivity index (χ2v) is 7.70. The predicted octanol–water partition coefficient (Wildman–Crippen LogP) is 3.64. The largest absolute Gasteiger partial charge is 0.389 e. The molecule has 0 spiro atoms. The van der Waals surface area contributed by atoms with Gasteiger partial charge < -0.3 is 19.1 Å². The first-order valence-electron chi connectivity index (χ1n) is 10.1. The normalized spacial score (nSPS) is 21.3. The summed E-state index contributed by atoms with van der Waals surface area (Å²) in [5, 5.41) is 10.6. The van der Waals surface area contributed by atoms with Crippen molar-refractivity contribution in [1.82, 2.24) is 9.55 Å². The van der Waals surface area contributed by atoms with Crippen LogP contribution >= 0.6 is 0 Å². The third-order valence-corrected chi connectivity index (χ3v) is 5.74. The van der Waals surface area contributed by atoms with Gasteiger partial charge in [0.05, 0.1) is 36.4 Å². The summed E-state index contributed by atoms with van der Waals surface area (Å²) in [5.41, 5.74) is 2.11. The minimum Gasteiger partial charge on any atom is -0.389 e. The van der Waals surface area contributed by atoms with Crippen LogP contribution in [0.3, 0.4) is 0 Å². The van der Waals surface area contributed by atoms with Crippen molar-refractivity contribution in [3.8, 4) is 0 Å². The zero-order valence-corrected chi connectivity index (χ0v) is 15.5. The molecule has 0 amide bonds. The van der Waals surface area contributed by atoms with E-state index in [1.165, 1.54) is 19.3 Å². The standard InChI is InChI=1S/C21H30N2O3/c24-17(15-26-18-6-2-1-3-7-18)14-23-20-9-5-4-8-19(20)22-21(23)16-10-12-25-13-11-16/h4-5,8-9,16-18,24H,1-3,6-7,10-15H2. The van der Waals surface area contributed by atoms with E-state index in [4.69, 9.17) is 14.5 Å². The molecule has 1 atom stereocenters. The van der Waals surface area contributed by atoms with Gasteiger partial charge in [-0.15, -0.1) is 0 Å². The Labute approximate surface area is 155 Å². The molecule has 1 aliphatic carbocycles. The summed E-state index contributed by atoms with van der Waals surface area (Å²) < 4.78 is 13.7. The summed E-state index contributed by atoms with van der Waals surface area (Å²) in [6, 6.07) is 8.22. The summed E-state index contributed by atoms with van der Waals surface area (Å²) in [7, 11) is 0. The average Bonchev–Trinajstić information content (AvgIpc) is 3.06. The number of fused-ring (bicyclic) bond motifs is 1. The van der Waals surface area contributed by atoms with Gasteiger partial charge in [0.25, 0.3) is 0 Å². The van der Waals surface area contributed by atoms with Crippen LogP contribution < -0.4 is 0 Å². The van der Waals surface area contributed by atoms with Crippen LogP contribution in [0.5, 0.6) is 0 Å².